The van der Waals surface area contributed by atoms with Gasteiger partial charge in [0.2, 0.25) is 0 Å². The van der Waals surface area contributed by atoms with E-state index in [9.17, 15) is 24.2 Å². The second-order valence-electron chi connectivity index (χ2n) is 14.7. The molecule has 0 aromatic heterocycles. The van der Waals surface area contributed by atoms with E-state index in [4.69, 9.17) is 19.1 Å². The number of carbonyl (C=O) groups is 2. The van der Waals surface area contributed by atoms with Gasteiger partial charge in [-0.2, -0.15) is 0 Å². The molecule has 0 saturated carbocycles. The van der Waals surface area contributed by atoms with E-state index in [2.05, 4.69) is 42.7 Å². The molecule has 0 radical (unpaired) electrons. The zero-order valence-electron chi connectivity index (χ0n) is 34.4. The van der Waals surface area contributed by atoms with Crippen molar-refractivity contribution < 1.29 is 47.8 Å². The first kappa shape index (κ1) is 52.5. The molecule has 0 aliphatic rings. The summed E-state index contributed by atoms with van der Waals surface area (Å²) in [6.07, 6.45) is 38.7. The molecular weight excluding hydrogens is 707 g/mol. The third-order valence-electron chi connectivity index (χ3n) is 9.36. The Morgan fingerprint density at radius 1 is 0.556 bits per heavy atom. The monoisotopic (exact) mass is 789 g/mol. The van der Waals surface area contributed by atoms with Gasteiger partial charge in [0, 0.05) is 12.8 Å². The topological polar surface area (TPSA) is 149 Å². The normalized spacial score (nSPS) is 14.1. The minimum absolute atomic E-state index is 0.180. The highest BCUT2D eigenvalue weighted by atomic mass is 31.2. The molecule has 0 fully saturated rings. The number of hydrogen-bond acceptors (Lipinski definition) is 9. The lowest BCUT2D eigenvalue weighted by Gasteiger charge is -2.20. The van der Waals surface area contributed by atoms with Crippen LogP contribution >= 0.6 is 7.82 Å². The summed E-state index contributed by atoms with van der Waals surface area (Å²) in [4.78, 5) is 34.9. The summed E-state index contributed by atoms with van der Waals surface area (Å²) < 4.78 is 32.6. The second-order valence-corrected chi connectivity index (χ2v) is 16.2. The molecule has 0 aliphatic carbocycles. The number of aliphatic hydroxyl groups is 2. The van der Waals surface area contributed by atoms with E-state index < -0.39 is 51.8 Å². The van der Waals surface area contributed by atoms with Gasteiger partial charge in [-0.3, -0.25) is 18.6 Å². The van der Waals surface area contributed by atoms with Gasteiger partial charge in [-0.1, -0.05) is 173 Å². The molecule has 0 bridgehead atoms. The van der Waals surface area contributed by atoms with Crippen LogP contribution in [-0.4, -0.2) is 65.7 Å². The van der Waals surface area contributed by atoms with Gasteiger partial charge in [0.15, 0.2) is 6.10 Å². The third kappa shape index (κ3) is 38.7. The minimum Gasteiger partial charge on any atom is -0.462 e. The number of phosphoric ester groups is 1. The molecule has 0 rings (SSSR count). The van der Waals surface area contributed by atoms with Crippen LogP contribution in [0.25, 0.3) is 0 Å². The first-order chi connectivity index (χ1) is 26.2. The highest BCUT2D eigenvalue weighted by molar-refractivity contribution is 7.47. The van der Waals surface area contributed by atoms with Gasteiger partial charge in [-0.05, 0) is 38.5 Å². The summed E-state index contributed by atoms with van der Waals surface area (Å²) in [5, 5.41) is 18.3. The Hall–Kier alpha value is -1.55. The predicted octanol–water partition coefficient (Wildman–Crippen LogP) is 11.4. The van der Waals surface area contributed by atoms with E-state index in [-0.39, 0.29) is 19.4 Å². The first-order valence-electron chi connectivity index (χ1n) is 21.8. The van der Waals surface area contributed by atoms with Gasteiger partial charge >= 0.3 is 19.8 Å². The van der Waals surface area contributed by atoms with Gasteiger partial charge in [0.1, 0.15) is 12.7 Å². The summed E-state index contributed by atoms with van der Waals surface area (Å²) in [5.41, 5.74) is 0. The van der Waals surface area contributed by atoms with Crippen molar-refractivity contribution in [3.63, 3.8) is 0 Å². The summed E-state index contributed by atoms with van der Waals surface area (Å²) in [6, 6.07) is 0. The van der Waals surface area contributed by atoms with Crippen LogP contribution in [0.5, 0.6) is 0 Å². The average Bonchev–Trinajstić information content (AvgIpc) is 3.16. The molecule has 318 valence electrons. The first-order valence-corrected chi connectivity index (χ1v) is 23.3. The fourth-order valence-corrected chi connectivity index (χ4v) is 6.76. The number of hydrogen-bond donors (Lipinski definition) is 3. The molecule has 0 aliphatic heterocycles. The molecule has 54 heavy (non-hydrogen) atoms. The van der Waals surface area contributed by atoms with Crippen LogP contribution in [0.4, 0.5) is 0 Å². The maximum atomic E-state index is 12.6. The number of aliphatic hydroxyl groups excluding tert-OH is 2. The standard InChI is InChI=1S/C43H81O10P/c1-3-5-7-9-11-13-15-17-19-20-21-23-24-26-28-30-32-34-42(46)50-38-41(39-52-54(48,49)51-37-40(45)36-44)53-43(47)35-33-31-29-27-25-22-18-16-14-12-10-8-6-4-2/h21,23,26,28,40-41,44-45H,3-20,22,24-25,27,29-39H2,1-2H3,(H,48,49)/b23-21+,28-26+/t40-,41+/m0/s1. The molecule has 3 N–H and O–H groups in total. The lowest BCUT2D eigenvalue weighted by molar-refractivity contribution is -0.161. The molecule has 0 aromatic carbocycles. The zero-order valence-corrected chi connectivity index (χ0v) is 35.3. The zero-order chi connectivity index (χ0) is 39.8. The van der Waals surface area contributed by atoms with Crippen LogP contribution in [0.3, 0.4) is 0 Å². The fraction of sp³-hybridized carbons (Fsp3) is 0.860. The molecule has 0 spiro atoms. The van der Waals surface area contributed by atoms with Crippen molar-refractivity contribution in [3.8, 4) is 0 Å². The number of rotatable bonds is 41. The molecular formula is C43H81O10P. The predicted molar refractivity (Wildman–Crippen MR) is 219 cm³/mol. The van der Waals surface area contributed by atoms with Crippen molar-refractivity contribution in [2.75, 3.05) is 26.4 Å². The Balaban J connectivity index is 4.33. The van der Waals surface area contributed by atoms with E-state index in [1.54, 1.807) is 0 Å². The highest BCUT2D eigenvalue weighted by Crippen LogP contribution is 2.43. The van der Waals surface area contributed by atoms with Crippen LogP contribution in [0, 0.1) is 0 Å². The number of allylic oxidation sites excluding steroid dienone is 4. The number of ether oxygens (including phenoxy) is 2. The Bertz CT molecular complexity index is 957. The summed E-state index contributed by atoms with van der Waals surface area (Å²) >= 11 is 0. The van der Waals surface area contributed by atoms with Gasteiger partial charge < -0.3 is 24.6 Å². The lowest BCUT2D eigenvalue weighted by Crippen LogP contribution is -2.29. The fourth-order valence-electron chi connectivity index (χ4n) is 5.97. The van der Waals surface area contributed by atoms with Crippen LogP contribution in [0.2, 0.25) is 0 Å². The number of carbonyl (C=O) groups excluding carboxylic acids is 2. The SMILES string of the molecule is CCCCCCCCCCC/C=C/C/C=C/CCCC(=O)OC[C@H](COP(=O)(O)OC[C@@H](O)CO)OC(=O)CCCCCCCCCCCCCCCC. The third-order valence-corrected chi connectivity index (χ3v) is 10.3. The molecule has 10 nitrogen and oxygen atoms in total. The molecule has 1 unspecified atom stereocenters. The van der Waals surface area contributed by atoms with E-state index in [0.29, 0.717) is 12.8 Å². The highest BCUT2D eigenvalue weighted by Gasteiger charge is 2.27. The van der Waals surface area contributed by atoms with Crippen LogP contribution < -0.4 is 0 Å². The molecule has 0 aromatic rings. The minimum atomic E-state index is -4.62. The number of unbranched alkanes of at least 4 members (excludes halogenated alkanes) is 23. The summed E-state index contributed by atoms with van der Waals surface area (Å²) in [5.74, 6) is -0.970. The van der Waals surface area contributed by atoms with Crippen molar-refractivity contribution in [1.29, 1.82) is 0 Å². The van der Waals surface area contributed by atoms with E-state index in [1.807, 2.05) is 0 Å². The van der Waals surface area contributed by atoms with Crippen molar-refractivity contribution in [2.24, 2.45) is 0 Å². The molecule has 0 amide bonds. The van der Waals surface area contributed by atoms with E-state index >= 15 is 0 Å². The second kappa shape index (κ2) is 39.7. The van der Waals surface area contributed by atoms with Crippen LogP contribution in [-0.2, 0) is 32.7 Å². The quantitative estimate of drug-likeness (QED) is 0.0236. The number of phosphoric acid groups is 1. The maximum Gasteiger partial charge on any atom is 0.472 e. The van der Waals surface area contributed by atoms with E-state index in [0.717, 1.165) is 38.5 Å². The average molecular weight is 789 g/mol. The van der Waals surface area contributed by atoms with Crippen molar-refractivity contribution >= 4 is 19.8 Å². The molecule has 11 heteroatoms. The van der Waals surface area contributed by atoms with Crippen LogP contribution in [0.1, 0.15) is 200 Å². The van der Waals surface area contributed by atoms with Gasteiger partial charge in [0.05, 0.1) is 19.8 Å². The summed E-state index contributed by atoms with van der Waals surface area (Å²) in [6.45, 7) is 2.35. The van der Waals surface area contributed by atoms with Gasteiger partial charge in [-0.15, -0.1) is 0 Å². The van der Waals surface area contributed by atoms with Crippen molar-refractivity contribution in [1.82, 2.24) is 0 Å². The van der Waals surface area contributed by atoms with Crippen molar-refractivity contribution in [2.45, 2.75) is 212 Å². The van der Waals surface area contributed by atoms with Gasteiger partial charge in [-0.25, -0.2) is 4.57 Å². The Kier molecular flexibility index (Phi) is 38.5. The summed E-state index contributed by atoms with van der Waals surface area (Å²) in [7, 11) is -4.62. The van der Waals surface area contributed by atoms with E-state index in [1.165, 1.54) is 122 Å². The van der Waals surface area contributed by atoms with Gasteiger partial charge in [0.25, 0.3) is 0 Å². The molecule has 3 atom stereocenters. The molecule has 0 heterocycles. The Morgan fingerprint density at radius 2 is 0.981 bits per heavy atom. The van der Waals surface area contributed by atoms with Crippen LogP contribution in [0.15, 0.2) is 24.3 Å². The Morgan fingerprint density at radius 3 is 1.48 bits per heavy atom. The van der Waals surface area contributed by atoms with Crippen molar-refractivity contribution in [3.05, 3.63) is 24.3 Å². The Labute approximate surface area is 329 Å². The lowest BCUT2D eigenvalue weighted by atomic mass is 10.0. The molecule has 0 saturated heterocycles. The number of esters is 2. The maximum absolute atomic E-state index is 12.6. The largest absolute Gasteiger partial charge is 0.472 e. The smallest absolute Gasteiger partial charge is 0.462 e.